The lowest BCUT2D eigenvalue weighted by Gasteiger charge is -2.18. The smallest absolute Gasteiger partial charge is 0.132 e. The van der Waals surface area contributed by atoms with E-state index in [0.29, 0.717) is 0 Å². The average Bonchev–Trinajstić information content (AvgIpc) is 2.92. The highest BCUT2D eigenvalue weighted by Crippen LogP contribution is 2.32. The monoisotopic (exact) mass is 267 g/mol. The van der Waals surface area contributed by atoms with Crippen molar-refractivity contribution < 1.29 is 0 Å². The van der Waals surface area contributed by atoms with Gasteiger partial charge < -0.3 is 10.6 Å². The molecule has 1 aromatic carbocycles. The predicted molar refractivity (Wildman–Crippen MR) is 83.4 cm³/mol. The van der Waals surface area contributed by atoms with E-state index in [2.05, 4.69) is 53.2 Å². The van der Waals surface area contributed by atoms with Crippen LogP contribution in [0.15, 0.2) is 42.6 Å². The third-order valence-corrected chi connectivity index (χ3v) is 4.00. The van der Waals surface area contributed by atoms with Crippen LogP contribution in [0.2, 0.25) is 0 Å². The zero-order valence-electron chi connectivity index (χ0n) is 11.9. The number of rotatable bonds is 4. The van der Waals surface area contributed by atoms with Gasteiger partial charge in [-0.2, -0.15) is 0 Å². The third-order valence-electron chi connectivity index (χ3n) is 4.00. The van der Waals surface area contributed by atoms with Gasteiger partial charge in [-0.05, 0) is 42.5 Å². The van der Waals surface area contributed by atoms with Crippen molar-refractivity contribution in [1.82, 2.24) is 4.98 Å². The minimum absolute atomic E-state index is 0.232. The van der Waals surface area contributed by atoms with E-state index in [-0.39, 0.29) is 6.04 Å². The second-order valence-corrected chi connectivity index (χ2v) is 5.43. The topological polar surface area (TPSA) is 42.1 Å². The molecule has 1 aliphatic rings. The molecule has 20 heavy (non-hydrogen) atoms. The molecule has 3 rings (SSSR count). The Morgan fingerprint density at radius 1 is 1.25 bits per heavy atom. The number of fused-ring (bicyclic) bond motifs is 1. The fourth-order valence-corrected chi connectivity index (χ4v) is 2.72. The average molecular weight is 267 g/mol. The number of aromatic nitrogens is 1. The predicted octanol–water partition coefficient (Wildman–Crippen LogP) is 3.06. The van der Waals surface area contributed by atoms with Crippen molar-refractivity contribution in [3.05, 3.63) is 53.7 Å². The first-order chi connectivity index (χ1) is 9.78. The molecule has 3 heteroatoms. The normalized spacial score (nSPS) is 15.2. The van der Waals surface area contributed by atoms with Crippen molar-refractivity contribution >= 4 is 11.5 Å². The first-order valence-electron chi connectivity index (χ1n) is 7.34. The van der Waals surface area contributed by atoms with Crippen LogP contribution in [0.4, 0.5) is 11.5 Å². The Bertz CT molecular complexity index is 577. The van der Waals surface area contributed by atoms with E-state index in [1.165, 1.54) is 16.8 Å². The summed E-state index contributed by atoms with van der Waals surface area (Å²) in [6.07, 6.45) is 4.97. The molecule has 1 aliphatic heterocycles. The standard InChI is InChI=1S/C17H21N3/c1-2-15(18)11-13-7-8-17(19-12-13)20-10-9-14-5-3-4-6-16(14)20/h3-8,12,15H,2,9-11,18H2,1H3. The summed E-state index contributed by atoms with van der Waals surface area (Å²) in [6, 6.07) is 13.1. The third kappa shape index (κ3) is 2.54. The molecule has 0 amide bonds. The van der Waals surface area contributed by atoms with Crippen molar-refractivity contribution in [3.8, 4) is 0 Å². The van der Waals surface area contributed by atoms with Crippen molar-refractivity contribution in [1.29, 1.82) is 0 Å². The van der Waals surface area contributed by atoms with Crippen molar-refractivity contribution in [2.75, 3.05) is 11.4 Å². The molecule has 1 atom stereocenters. The van der Waals surface area contributed by atoms with E-state index >= 15 is 0 Å². The van der Waals surface area contributed by atoms with Crippen molar-refractivity contribution in [2.45, 2.75) is 32.2 Å². The Labute approximate surface area is 120 Å². The molecule has 2 heterocycles. The van der Waals surface area contributed by atoms with Crippen LogP contribution in [0.1, 0.15) is 24.5 Å². The van der Waals surface area contributed by atoms with Gasteiger partial charge in [-0.15, -0.1) is 0 Å². The highest BCUT2D eigenvalue weighted by molar-refractivity contribution is 5.67. The molecule has 1 unspecified atom stereocenters. The van der Waals surface area contributed by atoms with E-state index in [4.69, 9.17) is 5.73 Å². The second-order valence-electron chi connectivity index (χ2n) is 5.43. The molecule has 0 saturated heterocycles. The summed E-state index contributed by atoms with van der Waals surface area (Å²) in [5.74, 6) is 1.03. The molecule has 0 radical (unpaired) electrons. The first kappa shape index (κ1) is 13.1. The minimum atomic E-state index is 0.232. The summed E-state index contributed by atoms with van der Waals surface area (Å²) < 4.78 is 0. The summed E-state index contributed by atoms with van der Waals surface area (Å²) in [7, 11) is 0. The zero-order chi connectivity index (χ0) is 13.9. The van der Waals surface area contributed by atoms with Gasteiger partial charge in [0.1, 0.15) is 5.82 Å². The van der Waals surface area contributed by atoms with Crippen molar-refractivity contribution in [2.24, 2.45) is 5.73 Å². The largest absolute Gasteiger partial charge is 0.327 e. The number of pyridine rings is 1. The number of hydrogen-bond acceptors (Lipinski definition) is 3. The van der Waals surface area contributed by atoms with Crippen LogP contribution in [-0.2, 0) is 12.8 Å². The molecule has 2 N–H and O–H groups in total. The van der Waals surface area contributed by atoms with E-state index in [9.17, 15) is 0 Å². The van der Waals surface area contributed by atoms with E-state index in [1.807, 2.05) is 6.20 Å². The highest BCUT2D eigenvalue weighted by Gasteiger charge is 2.20. The summed E-state index contributed by atoms with van der Waals surface area (Å²) >= 11 is 0. The number of hydrogen-bond donors (Lipinski definition) is 1. The number of nitrogens with two attached hydrogens (primary N) is 1. The molecule has 0 saturated carbocycles. The van der Waals surface area contributed by atoms with Crippen LogP contribution in [0.5, 0.6) is 0 Å². The van der Waals surface area contributed by atoms with Crippen LogP contribution in [0, 0.1) is 0 Å². The zero-order valence-corrected chi connectivity index (χ0v) is 11.9. The van der Waals surface area contributed by atoms with Crippen LogP contribution in [0.3, 0.4) is 0 Å². The van der Waals surface area contributed by atoms with Crippen LogP contribution >= 0.6 is 0 Å². The molecule has 0 bridgehead atoms. The van der Waals surface area contributed by atoms with Gasteiger partial charge in [0.25, 0.3) is 0 Å². The van der Waals surface area contributed by atoms with Gasteiger partial charge in [-0.3, -0.25) is 0 Å². The molecule has 0 spiro atoms. The van der Waals surface area contributed by atoms with E-state index < -0.39 is 0 Å². The van der Waals surface area contributed by atoms with E-state index in [1.54, 1.807) is 0 Å². The lowest BCUT2D eigenvalue weighted by atomic mass is 10.1. The van der Waals surface area contributed by atoms with Gasteiger partial charge in [0.05, 0.1) is 0 Å². The highest BCUT2D eigenvalue weighted by atomic mass is 15.2. The molecule has 1 aromatic heterocycles. The molecule has 0 fully saturated rings. The minimum Gasteiger partial charge on any atom is -0.327 e. The Morgan fingerprint density at radius 3 is 2.85 bits per heavy atom. The van der Waals surface area contributed by atoms with Gasteiger partial charge >= 0.3 is 0 Å². The molecule has 0 aliphatic carbocycles. The fourth-order valence-electron chi connectivity index (χ4n) is 2.72. The lowest BCUT2D eigenvalue weighted by molar-refractivity contribution is 0.645. The fraction of sp³-hybridized carbons (Fsp3) is 0.353. The van der Waals surface area contributed by atoms with Gasteiger partial charge in [0.2, 0.25) is 0 Å². The first-order valence-corrected chi connectivity index (χ1v) is 7.34. The number of para-hydroxylation sites is 1. The summed E-state index contributed by atoms with van der Waals surface area (Å²) in [4.78, 5) is 6.91. The molecular weight excluding hydrogens is 246 g/mol. The molecule has 2 aromatic rings. The Hall–Kier alpha value is -1.87. The Balaban J connectivity index is 1.79. The van der Waals surface area contributed by atoms with Crippen LogP contribution in [0.25, 0.3) is 0 Å². The van der Waals surface area contributed by atoms with Crippen molar-refractivity contribution in [3.63, 3.8) is 0 Å². The second kappa shape index (κ2) is 5.63. The van der Waals surface area contributed by atoms with Gasteiger partial charge in [-0.1, -0.05) is 31.2 Å². The number of nitrogens with zero attached hydrogens (tertiary/aromatic N) is 2. The van der Waals surface area contributed by atoms with E-state index in [0.717, 1.165) is 31.6 Å². The maximum absolute atomic E-state index is 5.99. The number of benzene rings is 1. The summed E-state index contributed by atoms with van der Waals surface area (Å²) in [5, 5.41) is 0. The Kier molecular flexibility index (Phi) is 3.70. The maximum atomic E-state index is 5.99. The number of anilines is 2. The SMILES string of the molecule is CCC(N)Cc1ccc(N2CCc3ccccc32)nc1. The summed E-state index contributed by atoms with van der Waals surface area (Å²) in [5.41, 5.74) is 9.91. The quantitative estimate of drug-likeness (QED) is 0.925. The Morgan fingerprint density at radius 2 is 2.10 bits per heavy atom. The maximum Gasteiger partial charge on any atom is 0.132 e. The van der Waals surface area contributed by atoms with Gasteiger partial charge in [0.15, 0.2) is 0 Å². The molecule has 3 nitrogen and oxygen atoms in total. The van der Waals surface area contributed by atoms with Gasteiger partial charge in [-0.25, -0.2) is 4.98 Å². The van der Waals surface area contributed by atoms with Crippen LogP contribution < -0.4 is 10.6 Å². The molecule has 104 valence electrons. The lowest BCUT2D eigenvalue weighted by Crippen LogP contribution is -2.21. The summed E-state index contributed by atoms with van der Waals surface area (Å²) in [6.45, 7) is 3.13. The molecular formula is C17H21N3. The van der Waals surface area contributed by atoms with Gasteiger partial charge in [0, 0.05) is 24.5 Å². The van der Waals surface area contributed by atoms with Crippen LogP contribution in [-0.4, -0.2) is 17.6 Å².